The van der Waals surface area contributed by atoms with Gasteiger partial charge in [0.05, 0.1) is 16.0 Å². The Morgan fingerprint density at radius 2 is 2.27 bits per heavy atom. The normalized spacial score (nSPS) is 10.1. The Morgan fingerprint density at radius 3 is 2.80 bits per heavy atom. The number of nitro benzene ring substituents is 1. The predicted octanol–water partition coefficient (Wildman–Crippen LogP) is 1.72. The van der Waals surface area contributed by atoms with Crippen molar-refractivity contribution in [2.24, 2.45) is 5.73 Å². The zero-order valence-corrected chi connectivity index (χ0v) is 8.33. The average molecular weight is 235 g/mol. The van der Waals surface area contributed by atoms with Crippen LogP contribution in [0.15, 0.2) is 12.1 Å². The van der Waals surface area contributed by atoms with Crippen molar-refractivity contribution in [3.05, 3.63) is 33.1 Å². The van der Waals surface area contributed by atoms with E-state index in [1.807, 2.05) is 0 Å². The Hall–Kier alpha value is -1.40. The molecular weight excluding hydrogens is 227 g/mol. The van der Waals surface area contributed by atoms with Gasteiger partial charge in [-0.25, -0.2) is 4.39 Å². The van der Waals surface area contributed by atoms with Crippen molar-refractivity contribution in [2.75, 3.05) is 13.2 Å². The molecule has 0 fully saturated rings. The van der Waals surface area contributed by atoms with Crippen molar-refractivity contribution in [3.63, 3.8) is 0 Å². The van der Waals surface area contributed by atoms with E-state index in [4.69, 9.17) is 22.1 Å². The van der Waals surface area contributed by atoms with Gasteiger partial charge in [0, 0.05) is 12.6 Å². The number of nitrogens with zero attached hydrogens (tertiary/aromatic N) is 1. The van der Waals surface area contributed by atoms with Crippen LogP contribution in [0.25, 0.3) is 0 Å². The van der Waals surface area contributed by atoms with Crippen LogP contribution < -0.4 is 10.5 Å². The maximum absolute atomic E-state index is 12.9. The van der Waals surface area contributed by atoms with Crippen LogP contribution in [0.1, 0.15) is 0 Å². The summed E-state index contributed by atoms with van der Waals surface area (Å²) in [6, 6.07) is 1.78. The molecule has 2 N–H and O–H groups in total. The number of benzene rings is 1. The van der Waals surface area contributed by atoms with E-state index in [-0.39, 0.29) is 23.9 Å². The number of halogens is 2. The van der Waals surface area contributed by atoms with Crippen molar-refractivity contribution >= 4 is 17.3 Å². The lowest BCUT2D eigenvalue weighted by atomic mass is 10.3. The van der Waals surface area contributed by atoms with E-state index in [1.54, 1.807) is 0 Å². The molecule has 0 atom stereocenters. The molecule has 0 aliphatic carbocycles. The molecule has 1 aromatic rings. The summed E-state index contributed by atoms with van der Waals surface area (Å²) in [5, 5.41) is 10.3. The Balaban J connectivity index is 3.10. The van der Waals surface area contributed by atoms with Crippen molar-refractivity contribution in [1.82, 2.24) is 0 Å². The van der Waals surface area contributed by atoms with Crippen LogP contribution in [0, 0.1) is 15.9 Å². The second kappa shape index (κ2) is 4.90. The number of ether oxygens (including phenoxy) is 1. The number of hydrogen-bond acceptors (Lipinski definition) is 4. The molecule has 0 spiro atoms. The molecule has 0 unspecified atom stereocenters. The minimum Gasteiger partial charge on any atom is -0.485 e. The Bertz CT molecular complexity index is 386. The summed E-state index contributed by atoms with van der Waals surface area (Å²) in [5.41, 5.74) is 4.70. The summed E-state index contributed by atoms with van der Waals surface area (Å²) in [6.45, 7) is 0.301. The second-order valence-electron chi connectivity index (χ2n) is 2.63. The first-order chi connectivity index (χ1) is 7.06. The standard InChI is InChI=1S/C8H8ClFN2O3/c9-5-3-8(15-2-1-11)7(12(13)14)4-6(5)10/h3-4H,1-2,11H2. The topological polar surface area (TPSA) is 78.4 Å². The maximum Gasteiger partial charge on any atom is 0.313 e. The fraction of sp³-hybridized carbons (Fsp3) is 0.250. The van der Waals surface area contributed by atoms with Crippen LogP contribution in [0.5, 0.6) is 5.75 Å². The van der Waals surface area contributed by atoms with Crippen molar-refractivity contribution in [3.8, 4) is 5.75 Å². The van der Waals surface area contributed by atoms with Gasteiger partial charge in [-0.3, -0.25) is 10.1 Å². The zero-order chi connectivity index (χ0) is 11.4. The molecule has 0 radical (unpaired) electrons. The largest absolute Gasteiger partial charge is 0.485 e. The monoisotopic (exact) mass is 234 g/mol. The fourth-order valence-electron chi connectivity index (χ4n) is 0.945. The van der Waals surface area contributed by atoms with E-state index in [9.17, 15) is 14.5 Å². The van der Waals surface area contributed by atoms with Crippen LogP contribution in [0.2, 0.25) is 5.02 Å². The lowest BCUT2D eigenvalue weighted by Gasteiger charge is -2.05. The summed E-state index contributed by atoms with van der Waals surface area (Å²) in [6.07, 6.45) is 0. The van der Waals surface area contributed by atoms with Gasteiger partial charge in [0.25, 0.3) is 0 Å². The summed E-state index contributed by atoms with van der Waals surface area (Å²) < 4.78 is 17.9. The Labute approximate surface area is 89.7 Å². The molecule has 1 rings (SSSR count). The third kappa shape index (κ3) is 2.77. The van der Waals surface area contributed by atoms with Crippen LogP contribution in [-0.2, 0) is 0 Å². The van der Waals surface area contributed by atoms with Gasteiger partial charge in [0.15, 0.2) is 5.75 Å². The van der Waals surface area contributed by atoms with Gasteiger partial charge < -0.3 is 10.5 Å². The quantitative estimate of drug-likeness (QED) is 0.636. The molecule has 0 aliphatic heterocycles. The number of rotatable bonds is 4. The lowest BCUT2D eigenvalue weighted by Crippen LogP contribution is -2.11. The molecular formula is C8H8ClFN2O3. The third-order valence-electron chi connectivity index (χ3n) is 1.57. The van der Waals surface area contributed by atoms with Gasteiger partial charge in [-0.05, 0) is 0 Å². The van der Waals surface area contributed by atoms with Crippen LogP contribution in [0.4, 0.5) is 10.1 Å². The first kappa shape index (κ1) is 11.7. The number of hydrogen-bond donors (Lipinski definition) is 1. The Kier molecular flexibility index (Phi) is 3.81. The highest BCUT2D eigenvalue weighted by molar-refractivity contribution is 6.31. The van der Waals surface area contributed by atoms with Gasteiger partial charge >= 0.3 is 5.69 Å². The summed E-state index contributed by atoms with van der Waals surface area (Å²) in [4.78, 5) is 9.79. The number of nitro groups is 1. The SMILES string of the molecule is NCCOc1cc(Cl)c(F)cc1[N+](=O)[O-]. The van der Waals surface area contributed by atoms with E-state index in [2.05, 4.69) is 0 Å². The maximum atomic E-state index is 12.9. The summed E-state index contributed by atoms with van der Waals surface area (Å²) in [7, 11) is 0. The summed E-state index contributed by atoms with van der Waals surface area (Å²) >= 11 is 5.46. The molecule has 15 heavy (non-hydrogen) atoms. The number of nitrogens with two attached hydrogens (primary N) is 1. The second-order valence-corrected chi connectivity index (χ2v) is 3.04. The molecule has 82 valence electrons. The first-order valence-corrected chi connectivity index (χ1v) is 4.40. The van der Waals surface area contributed by atoms with E-state index in [0.717, 1.165) is 6.07 Å². The molecule has 7 heteroatoms. The molecule has 0 amide bonds. The van der Waals surface area contributed by atoms with E-state index < -0.39 is 16.4 Å². The Morgan fingerprint density at radius 1 is 1.60 bits per heavy atom. The predicted molar refractivity (Wildman–Crippen MR) is 52.6 cm³/mol. The molecule has 0 aliphatic rings. The highest BCUT2D eigenvalue weighted by Crippen LogP contribution is 2.32. The zero-order valence-electron chi connectivity index (χ0n) is 7.57. The van der Waals surface area contributed by atoms with Crippen LogP contribution in [-0.4, -0.2) is 18.1 Å². The molecule has 0 aromatic heterocycles. The van der Waals surface area contributed by atoms with Gasteiger partial charge in [-0.2, -0.15) is 0 Å². The highest BCUT2D eigenvalue weighted by atomic mass is 35.5. The van der Waals surface area contributed by atoms with E-state index in [0.29, 0.717) is 6.07 Å². The van der Waals surface area contributed by atoms with Crippen LogP contribution >= 0.6 is 11.6 Å². The fourth-order valence-corrected chi connectivity index (χ4v) is 1.10. The first-order valence-electron chi connectivity index (χ1n) is 4.02. The lowest BCUT2D eigenvalue weighted by molar-refractivity contribution is -0.386. The van der Waals surface area contributed by atoms with Crippen molar-refractivity contribution < 1.29 is 14.1 Å². The molecule has 0 saturated heterocycles. The summed E-state index contributed by atoms with van der Waals surface area (Å²) in [5.74, 6) is -0.944. The van der Waals surface area contributed by atoms with E-state index >= 15 is 0 Å². The minimum absolute atomic E-state index is 0.0862. The molecule has 1 aromatic carbocycles. The molecule has 0 heterocycles. The molecule has 0 bridgehead atoms. The highest BCUT2D eigenvalue weighted by Gasteiger charge is 2.18. The smallest absolute Gasteiger partial charge is 0.313 e. The van der Waals surface area contributed by atoms with Crippen molar-refractivity contribution in [2.45, 2.75) is 0 Å². The van der Waals surface area contributed by atoms with Gasteiger partial charge in [-0.1, -0.05) is 11.6 Å². The molecule has 0 saturated carbocycles. The van der Waals surface area contributed by atoms with Gasteiger partial charge in [0.1, 0.15) is 12.4 Å². The van der Waals surface area contributed by atoms with E-state index in [1.165, 1.54) is 0 Å². The minimum atomic E-state index is -0.858. The van der Waals surface area contributed by atoms with Gasteiger partial charge in [0.2, 0.25) is 0 Å². The van der Waals surface area contributed by atoms with Gasteiger partial charge in [-0.15, -0.1) is 0 Å². The molecule has 5 nitrogen and oxygen atoms in total. The average Bonchev–Trinajstić information content (AvgIpc) is 2.19. The third-order valence-corrected chi connectivity index (χ3v) is 1.86. The van der Waals surface area contributed by atoms with Crippen molar-refractivity contribution in [1.29, 1.82) is 0 Å². The van der Waals surface area contributed by atoms with Crippen LogP contribution in [0.3, 0.4) is 0 Å².